The summed E-state index contributed by atoms with van der Waals surface area (Å²) in [6.07, 6.45) is 10.1. The van der Waals surface area contributed by atoms with E-state index < -0.39 is 0 Å². The van der Waals surface area contributed by atoms with E-state index in [1.54, 1.807) is 0 Å². The molecule has 0 spiro atoms. The number of carbonyl (C=O) groups is 1. The van der Waals surface area contributed by atoms with Crippen LogP contribution in [0, 0.1) is 17.8 Å². The first-order chi connectivity index (χ1) is 10.5. The van der Waals surface area contributed by atoms with Gasteiger partial charge in [0.2, 0.25) is 0 Å². The zero-order valence-corrected chi connectivity index (χ0v) is 14.3. The number of Topliss-reactive ketones (excluding diaryl/α,β-unsaturated/α-hetero) is 1. The van der Waals surface area contributed by atoms with Crippen LogP contribution in [0.3, 0.4) is 0 Å². The summed E-state index contributed by atoms with van der Waals surface area (Å²) in [6, 6.07) is 0. The molecule has 5 atom stereocenters. The number of rotatable bonds is 4. The molecule has 2 aliphatic rings. The van der Waals surface area contributed by atoms with E-state index in [0.717, 1.165) is 19.3 Å². The van der Waals surface area contributed by atoms with Gasteiger partial charge in [-0.05, 0) is 62.3 Å². The molecule has 2 nitrogen and oxygen atoms in total. The fraction of sp³-hybridized carbons (Fsp3) is 0.650. The number of ketones is 1. The van der Waals surface area contributed by atoms with Gasteiger partial charge in [0.25, 0.3) is 0 Å². The molecule has 1 saturated carbocycles. The van der Waals surface area contributed by atoms with Crippen molar-refractivity contribution in [3.63, 3.8) is 0 Å². The molecule has 0 amide bonds. The third kappa shape index (κ3) is 2.93. The van der Waals surface area contributed by atoms with Crippen LogP contribution in [-0.4, -0.2) is 5.78 Å². The van der Waals surface area contributed by atoms with Crippen LogP contribution in [0.15, 0.2) is 28.6 Å². The van der Waals surface area contributed by atoms with E-state index in [-0.39, 0.29) is 5.92 Å². The van der Waals surface area contributed by atoms with Crippen LogP contribution in [0.5, 0.6) is 0 Å². The first-order valence-corrected chi connectivity index (χ1v) is 8.71. The average Bonchev–Trinajstić information content (AvgIpc) is 3.09. The summed E-state index contributed by atoms with van der Waals surface area (Å²) in [5, 5.41) is 0. The molecule has 1 aromatic heterocycles. The van der Waals surface area contributed by atoms with Crippen LogP contribution in [-0.2, 0) is 4.79 Å². The van der Waals surface area contributed by atoms with E-state index >= 15 is 0 Å². The first kappa shape index (κ1) is 15.6. The zero-order chi connectivity index (χ0) is 15.9. The maximum absolute atomic E-state index is 12.9. The fourth-order valence-corrected chi connectivity index (χ4v) is 4.27. The lowest BCUT2D eigenvalue weighted by Crippen LogP contribution is -2.24. The monoisotopic (exact) mass is 300 g/mol. The molecule has 2 heteroatoms. The Balaban J connectivity index is 1.84. The molecular formula is C20H28O2. The summed E-state index contributed by atoms with van der Waals surface area (Å²) in [6.45, 7) is 8.75. The highest BCUT2D eigenvalue weighted by atomic mass is 16.3. The van der Waals surface area contributed by atoms with Crippen LogP contribution in [0.25, 0.3) is 0 Å². The second-order valence-corrected chi connectivity index (χ2v) is 7.75. The zero-order valence-electron chi connectivity index (χ0n) is 14.3. The van der Waals surface area contributed by atoms with E-state index in [0.29, 0.717) is 29.5 Å². The number of furan rings is 1. The Bertz CT molecular complexity index is 576. The summed E-state index contributed by atoms with van der Waals surface area (Å²) in [4.78, 5) is 12.9. The highest BCUT2D eigenvalue weighted by Crippen LogP contribution is 2.57. The molecule has 1 heterocycles. The number of carbonyl (C=O) groups excluding carboxylic acids is 1. The molecule has 2 aliphatic carbocycles. The third-order valence-electron chi connectivity index (χ3n) is 5.64. The molecule has 0 radical (unpaired) electrons. The predicted molar refractivity (Wildman–Crippen MR) is 88.9 cm³/mol. The van der Waals surface area contributed by atoms with Crippen LogP contribution >= 0.6 is 0 Å². The van der Waals surface area contributed by atoms with Gasteiger partial charge in [-0.25, -0.2) is 0 Å². The van der Waals surface area contributed by atoms with Gasteiger partial charge in [0.05, 0.1) is 12.5 Å². The Morgan fingerprint density at radius 2 is 2.09 bits per heavy atom. The van der Waals surface area contributed by atoms with E-state index in [1.807, 2.05) is 12.5 Å². The van der Waals surface area contributed by atoms with Gasteiger partial charge in [-0.2, -0.15) is 0 Å². The van der Waals surface area contributed by atoms with Gasteiger partial charge in [0.1, 0.15) is 5.78 Å². The number of hydrogen-bond donors (Lipinski definition) is 0. The van der Waals surface area contributed by atoms with Crippen LogP contribution in [0.2, 0.25) is 0 Å². The third-order valence-corrected chi connectivity index (χ3v) is 5.64. The second-order valence-electron chi connectivity index (χ2n) is 7.75. The molecule has 0 aliphatic heterocycles. The van der Waals surface area contributed by atoms with E-state index in [1.165, 1.54) is 23.1 Å². The van der Waals surface area contributed by atoms with Gasteiger partial charge in [-0.1, -0.05) is 25.5 Å². The topological polar surface area (TPSA) is 30.2 Å². The van der Waals surface area contributed by atoms with Crippen molar-refractivity contribution in [1.29, 1.82) is 0 Å². The molecule has 3 rings (SSSR count). The minimum atomic E-state index is 0.0308. The van der Waals surface area contributed by atoms with Crippen molar-refractivity contribution in [1.82, 2.24) is 0 Å². The molecule has 0 N–H and O–H groups in total. The summed E-state index contributed by atoms with van der Waals surface area (Å²) < 4.78 is 5.52. The van der Waals surface area contributed by atoms with Crippen molar-refractivity contribution in [2.75, 3.05) is 0 Å². The fourth-order valence-electron chi connectivity index (χ4n) is 4.27. The van der Waals surface area contributed by atoms with Gasteiger partial charge in [0.15, 0.2) is 0 Å². The van der Waals surface area contributed by atoms with E-state index in [9.17, 15) is 4.79 Å². The van der Waals surface area contributed by atoms with Crippen molar-refractivity contribution < 1.29 is 9.21 Å². The molecule has 1 aromatic rings. The summed E-state index contributed by atoms with van der Waals surface area (Å²) in [5.74, 6) is 2.69. The Labute approximate surface area is 134 Å². The Hall–Kier alpha value is -1.31. The second kappa shape index (κ2) is 6.06. The van der Waals surface area contributed by atoms with Crippen molar-refractivity contribution in [2.24, 2.45) is 17.8 Å². The molecule has 120 valence electrons. The van der Waals surface area contributed by atoms with Crippen molar-refractivity contribution in [3.05, 3.63) is 35.3 Å². The van der Waals surface area contributed by atoms with Crippen LogP contribution in [0.1, 0.15) is 76.3 Å². The van der Waals surface area contributed by atoms with Crippen LogP contribution in [0.4, 0.5) is 0 Å². The summed E-state index contributed by atoms with van der Waals surface area (Å²) in [5.41, 5.74) is 3.87. The Morgan fingerprint density at radius 1 is 1.36 bits per heavy atom. The molecule has 0 saturated heterocycles. The smallest absolute Gasteiger partial charge is 0.141 e. The van der Waals surface area contributed by atoms with Crippen molar-refractivity contribution >= 4 is 5.78 Å². The van der Waals surface area contributed by atoms with Gasteiger partial charge in [-0.15, -0.1) is 0 Å². The lowest BCUT2D eigenvalue weighted by molar-refractivity contribution is -0.122. The van der Waals surface area contributed by atoms with E-state index in [4.69, 9.17) is 4.42 Å². The highest BCUT2D eigenvalue weighted by Gasteiger charge is 2.48. The summed E-state index contributed by atoms with van der Waals surface area (Å²) in [7, 11) is 0. The van der Waals surface area contributed by atoms with Crippen molar-refractivity contribution in [3.8, 4) is 0 Å². The predicted octanol–water partition coefficient (Wildman–Crippen LogP) is 5.46. The Kier molecular flexibility index (Phi) is 4.29. The van der Waals surface area contributed by atoms with Gasteiger partial charge < -0.3 is 4.42 Å². The minimum absolute atomic E-state index is 0.0308. The van der Waals surface area contributed by atoms with Gasteiger partial charge in [0, 0.05) is 17.9 Å². The maximum atomic E-state index is 12.9. The lowest BCUT2D eigenvalue weighted by Gasteiger charge is -2.26. The molecular weight excluding hydrogens is 272 g/mol. The molecule has 0 bridgehead atoms. The number of allylic oxidation sites excluding steroid dienone is 2. The summed E-state index contributed by atoms with van der Waals surface area (Å²) >= 11 is 0. The van der Waals surface area contributed by atoms with Crippen LogP contribution < -0.4 is 0 Å². The van der Waals surface area contributed by atoms with Crippen molar-refractivity contribution in [2.45, 2.75) is 65.2 Å². The SMILES string of the molecule is CC(C)=CCCC(C)[C@H]1C(=O)C[C@H](C)[C@H]2C[C@H]2c2cocc21. The minimum Gasteiger partial charge on any atom is -0.472 e. The molecule has 1 fully saturated rings. The van der Waals surface area contributed by atoms with E-state index in [2.05, 4.69) is 33.8 Å². The molecule has 22 heavy (non-hydrogen) atoms. The Morgan fingerprint density at radius 3 is 2.82 bits per heavy atom. The highest BCUT2D eigenvalue weighted by molar-refractivity contribution is 5.87. The first-order valence-electron chi connectivity index (χ1n) is 8.71. The van der Waals surface area contributed by atoms with Gasteiger partial charge >= 0.3 is 0 Å². The van der Waals surface area contributed by atoms with Gasteiger partial charge in [-0.3, -0.25) is 4.79 Å². The quantitative estimate of drug-likeness (QED) is 0.691. The molecule has 0 aromatic carbocycles. The number of fused-ring (bicyclic) bond motifs is 3. The molecule has 1 unspecified atom stereocenters. The normalized spacial score (nSPS) is 31.5. The standard InChI is InChI=1S/C20H28O2/c1-12(2)6-5-7-13(3)20-18-11-22-10-17(18)16-9-15(16)14(4)8-19(20)21/h6,10-11,13-16,20H,5,7-9H2,1-4H3/t13?,14-,15+,16+,20+/m0/s1. The average molecular weight is 300 g/mol. The largest absolute Gasteiger partial charge is 0.472 e. The maximum Gasteiger partial charge on any atom is 0.141 e. The number of hydrogen-bond acceptors (Lipinski definition) is 2. The lowest BCUT2D eigenvalue weighted by atomic mass is 9.75.